The van der Waals surface area contributed by atoms with Crippen LogP contribution in [0, 0.1) is 5.92 Å². The largest absolute Gasteiger partial charge is 0.396 e. The van der Waals surface area contributed by atoms with Crippen LogP contribution in [0.15, 0.2) is 42.5 Å². The van der Waals surface area contributed by atoms with Crippen LogP contribution in [0.1, 0.15) is 18.5 Å². The number of piperidine rings is 1. The molecule has 3 rings (SSSR count). The number of rotatable bonds is 3. The Kier molecular flexibility index (Phi) is 4.49. The zero-order valence-corrected chi connectivity index (χ0v) is 12.5. The highest BCUT2D eigenvalue weighted by Crippen LogP contribution is 2.17. The summed E-state index contributed by atoms with van der Waals surface area (Å²) in [5.74, 6) is 0.206. The fraction of sp³-hybridized carbons (Fsp3) is 0.333. The van der Waals surface area contributed by atoms with Gasteiger partial charge < -0.3 is 10.0 Å². The normalized spacial score (nSPS) is 19.0. The second kappa shape index (κ2) is 6.71. The van der Waals surface area contributed by atoms with E-state index in [9.17, 15) is 9.90 Å². The lowest BCUT2D eigenvalue weighted by molar-refractivity contribution is -0.127. The summed E-state index contributed by atoms with van der Waals surface area (Å²) in [5, 5.41) is 10.3. The number of aliphatic hydroxyl groups excluding tert-OH is 1. The maximum absolute atomic E-state index is 12.2. The van der Waals surface area contributed by atoms with Gasteiger partial charge in [-0.2, -0.15) is 0 Å². The lowest BCUT2D eigenvalue weighted by atomic mass is 9.99. The topological polar surface area (TPSA) is 53.4 Å². The van der Waals surface area contributed by atoms with Crippen molar-refractivity contribution in [1.29, 1.82) is 0 Å². The average Bonchev–Trinajstić information content (AvgIpc) is 2.59. The number of hydrogen-bond donors (Lipinski definition) is 1. The molecule has 1 saturated heterocycles. The molecular formula is C18H20N2O2. The van der Waals surface area contributed by atoms with Crippen molar-refractivity contribution in [3.05, 3.63) is 48.2 Å². The molecule has 1 aromatic carbocycles. The third-order valence-corrected chi connectivity index (χ3v) is 4.11. The van der Waals surface area contributed by atoms with Gasteiger partial charge in [0.15, 0.2) is 0 Å². The maximum Gasteiger partial charge on any atom is 0.246 e. The first-order valence-electron chi connectivity index (χ1n) is 7.70. The van der Waals surface area contributed by atoms with Crippen molar-refractivity contribution in [2.75, 3.05) is 19.7 Å². The molecule has 4 heteroatoms. The number of benzene rings is 1. The standard InChI is InChI=1S/C18H20N2O2/c21-13-14-4-3-11-20(12-14)18(22)10-9-16-8-7-15-5-1-2-6-17(15)19-16/h1-2,5-10,14,21H,3-4,11-13H2/b10-9+. The monoisotopic (exact) mass is 296 g/mol. The van der Waals surface area contributed by atoms with Crippen molar-refractivity contribution in [1.82, 2.24) is 9.88 Å². The molecule has 22 heavy (non-hydrogen) atoms. The highest BCUT2D eigenvalue weighted by atomic mass is 16.3. The Morgan fingerprint density at radius 2 is 2.18 bits per heavy atom. The Hall–Kier alpha value is -2.20. The van der Waals surface area contributed by atoms with Crippen molar-refractivity contribution in [2.45, 2.75) is 12.8 Å². The van der Waals surface area contributed by atoms with E-state index < -0.39 is 0 Å². The minimum Gasteiger partial charge on any atom is -0.396 e. The van der Waals surface area contributed by atoms with Crippen molar-refractivity contribution in [3.8, 4) is 0 Å². The van der Waals surface area contributed by atoms with Crippen LogP contribution in [0.2, 0.25) is 0 Å². The smallest absolute Gasteiger partial charge is 0.246 e. The van der Waals surface area contributed by atoms with Crippen LogP contribution in [0.5, 0.6) is 0 Å². The Labute approximate surface area is 130 Å². The fourth-order valence-electron chi connectivity index (χ4n) is 2.85. The number of para-hydroxylation sites is 1. The van der Waals surface area contributed by atoms with E-state index >= 15 is 0 Å². The van der Waals surface area contributed by atoms with Crippen molar-refractivity contribution in [3.63, 3.8) is 0 Å². The summed E-state index contributed by atoms with van der Waals surface area (Å²) in [5.41, 5.74) is 1.71. The summed E-state index contributed by atoms with van der Waals surface area (Å²) < 4.78 is 0. The molecule has 1 amide bonds. The van der Waals surface area contributed by atoms with Gasteiger partial charge in [-0.05, 0) is 37.0 Å². The number of carbonyl (C=O) groups is 1. The molecule has 2 aromatic rings. The molecule has 4 nitrogen and oxygen atoms in total. The Bertz CT molecular complexity index is 696. The van der Waals surface area contributed by atoms with E-state index in [1.807, 2.05) is 41.3 Å². The number of nitrogens with zero attached hydrogens (tertiary/aromatic N) is 2. The van der Waals surface area contributed by atoms with Gasteiger partial charge in [-0.15, -0.1) is 0 Å². The van der Waals surface area contributed by atoms with E-state index in [1.165, 1.54) is 0 Å². The second-order valence-corrected chi connectivity index (χ2v) is 5.74. The highest BCUT2D eigenvalue weighted by molar-refractivity contribution is 5.92. The van der Waals surface area contributed by atoms with Gasteiger partial charge in [-0.1, -0.05) is 24.3 Å². The summed E-state index contributed by atoms with van der Waals surface area (Å²) in [7, 11) is 0. The first-order valence-corrected chi connectivity index (χ1v) is 7.70. The molecule has 2 heterocycles. The summed E-state index contributed by atoms with van der Waals surface area (Å²) in [6, 6.07) is 11.8. The number of pyridine rings is 1. The summed E-state index contributed by atoms with van der Waals surface area (Å²) in [6.07, 6.45) is 5.30. The molecule has 1 atom stereocenters. The predicted molar refractivity (Wildman–Crippen MR) is 87.2 cm³/mol. The molecule has 1 aliphatic rings. The molecule has 0 saturated carbocycles. The SMILES string of the molecule is O=C(/C=C/c1ccc2ccccc2n1)N1CCCC(CO)C1. The second-order valence-electron chi connectivity index (χ2n) is 5.74. The summed E-state index contributed by atoms with van der Waals surface area (Å²) in [4.78, 5) is 18.6. The van der Waals surface area contributed by atoms with E-state index in [0.717, 1.165) is 36.0 Å². The van der Waals surface area contributed by atoms with Crippen molar-refractivity contribution < 1.29 is 9.90 Å². The molecule has 1 unspecified atom stereocenters. The van der Waals surface area contributed by atoms with E-state index in [2.05, 4.69) is 4.98 Å². The maximum atomic E-state index is 12.2. The van der Waals surface area contributed by atoms with Crippen molar-refractivity contribution in [2.24, 2.45) is 5.92 Å². The first kappa shape index (κ1) is 14.7. The number of amides is 1. The number of likely N-dealkylation sites (tertiary alicyclic amines) is 1. The molecule has 0 bridgehead atoms. The average molecular weight is 296 g/mol. The number of aromatic nitrogens is 1. The third-order valence-electron chi connectivity index (χ3n) is 4.11. The van der Waals surface area contributed by atoms with Gasteiger partial charge in [0.25, 0.3) is 0 Å². The molecule has 1 N–H and O–H groups in total. The quantitative estimate of drug-likeness (QED) is 0.885. The Morgan fingerprint density at radius 3 is 3.05 bits per heavy atom. The van der Waals surface area contributed by atoms with Crippen LogP contribution >= 0.6 is 0 Å². The lowest BCUT2D eigenvalue weighted by Crippen LogP contribution is -2.40. The zero-order valence-electron chi connectivity index (χ0n) is 12.5. The van der Waals surface area contributed by atoms with Gasteiger partial charge in [0.05, 0.1) is 11.2 Å². The van der Waals surface area contributed by atoms with E-state index in [-0.39, 0.29) is 18.4 Å². The van der Waals surface area contributed by atoms with Gasteiger partial charge in [0.1, 0.15) is 0 Å². The molecular weight excluding hydrogens is 276 g/mol. The molecule has 114 valence electrons. The van der Waals surface area contributed by atoms with Crippen LogP contribution in [-0.4, -0.2) is 40.6 Å². The number of carbonyl (C=O) groups excluding carboxylic acids is 1. The number of hydrogen-bond acceptors (Lipinski definition) is 3. The van der Waals surface area contributed by atoms with Gasteiger partial charge >= 0.3 is 0 Å². The number of aliphatic hydroxyl groups is 1. The van der Waals surface area contributed by atoms with Crippen LogP contribution in [-0.2, 0) is 4.79 Å². The van der Waals surface area contributed by atoms with Crippen LogP contribution in [0.3, 0.4) is 0 Å². The molecule has 1 aromatic heterocycles. The van der Waals surface area contributed by atoms with Gasteiger partial charge in [0.2, 0.25) is 5.91 Å². The predicted octanol–water partition coefficient (Wildman–Crippen LogP) is 2.48. The van der Waals surface area contributed by atoms with Crippen molar-refractivity contribution >= 4 is 22.9 Å². The van der Waals surface area contributed by atoms with E-state index in [4.69, 9.17) is 0 Å². The van der Waals surface area contributed by atoms with Crippen LogP contribution in [0.4, 0.5) is 0 Å². The van der Waals surface area contributed by atoms with Crippen LogP contribution in [0.25, 0.3) is 17.0 Å². The molecule has 1 aliphatic heterocycles. The fourth-order valence-corrected chi connectivity index (χ4v) is 2.85. The minimum absolute atomic E-state index is 0.00638. The molecule has 0 radical (unpaired) electrons. The van der Waals surface area contributed by atoms with E-state index in [1.54, 1.807) is 12.2 Å². The Balaban J connectivity index is 1.70. The van der Waals surface area contributed by atoms with Gasteiger partial charge in [0, 0.05) is 31.2 Å². The lowest BCUT2D eigenvalue weighted by Gasteiger charge is -2.31. The van der Waals surface area contributed by atoms with E-state index in [0.29, 0.717) is 6.54 Å². The molecule has 1 fully saturated rings. The van der Waals surface area contributed by atoms with Crippen LogP contribution < -0.4 is 0 Å². The summed E-state index contributed by atoms with van der Waals surface area (Å²) in [6.45, 7) is 1.56. The first-order chi connectivity index (χ1) is 10.8. The van der Waals surface area contributed by atoms with Gasteiger partial charge in [-0.25, -0.2) is 4.98 Å². The summed E-state index contributed by atoms with van der Waals surface area (Å²) >= 11 is 0. The minimum atomic E-state index is -0.00638. The third kappa shape index (κ3) is 3.34. The zero-order chi connectivity index (χ0) is 15.4. The highest BCUT2D eigenvalue weighted by Gasteiger charge is 2.21. The Morgan fingerprint density at radius 1 is 1.32 bits per heavy atom. The molecule has 0 spiro atoms. The van der Waals surface area contributed by atoms with Gasteiger partial charge in [-0.3, -0.25) is 4.79 Å². The molecule has 0 aliphatic carbocycles. The number of fused-ring (bicyclic) bond motifs is 1.